The summed E-state index contributed by atoms with van der Waals surface area (Å²) in [7, 11) is 0. The maximum absolute atomic E-state index is 5.83. The largest absolute Gasteiger partial charge is 0.493 e. The Labute approximate surface area is 127 Å². The second kappa shape index (κ2) is 6.77. The van der Waals surface area contributed by atoms with Gasteiger partial charge in [-0.25, -0.2) is 0 Å². The zero-order valence-corrected chi connectivity index (χ0v) is 12.6. The van der Waals surface area contributed by atoms with Crippen molar-refractivity contribution in [3.63, 3.8) is 0 Å². The molecule has 0 fully saturated rings. The molecule has 0 saturated carbocycles. The summed E-state index contributed by atoms with van der Waals surface area (Å²) in [5.41, 5.74) is 2.79. The number of likely N-dealkylation sites (N-methyl/N-ethyl adjacent to an activating group) is 1. The third-order valence-corrected chi connectivity index (χ3v) is 4.28. The van der Waals surface area contributed by atoms with Crippen LogP contribution in [0.1, 0.15) is 36.3 Å². The summed E-state index contributed by atoms with van der Waals surface area (Å²) >= 11 is 0. The maximum Gasteiger partial charge on any atom is 0.122 e. The lowest BCUT2D eigenvalue weighted by Crippen LogP contribution is -2.23. The van der Waals surface area contributed by atoms with Crippen LogP contribution in [0.5, 0.6) is 5.75 Å². The lowest BCUT2D eigenvalue weighted by atomic mass is 9.86. The van der Waals surface area contributed by atoms with E-state index in [4.69, 9.17) is 4.74 Å². The van der Waals surface area contributed by atoms with Gasteiger partial charge in [-0.2, -0.15) is 0 Å². The van der Waals surface area contributed by atoms with Crippen LogP contribution in [-0.4, -0.2) is 19.7 Å². The van der Waals surface area contributed by atoms with Crippen LogP contribution in [0.3, 0.4) is 0 Å². The molecule has 2 aromatic rings. The van der Waals surface area contributed by atoms with E-state index in [1.807, 2.05) is 0 Å². The van der Waals surface area contributed by atoms with Gasteiger partial charge in [-0.05, 0) is 30.5 Å². The Hall–Kier alpha value is -1.80. The Bertz CT molecular complexity index is 567. The first kappa shape index (κ1) is 14.2. The van der Waals surface area contributed by atoms with Crippen LogP contribution in [-0.2, 0) is 0 Å². The number of hydrogen-bond donors (Lipinski definition) is 1. The van der Waals surface area contributed by atoms with Crippen LogP contribution in [0.4, 0.5) is 0 Å². The van der Waals surface area contributed by atoms with E-state index in [-0.39, 0.29) is 0 Å². The van der Waals surface area contributed by atoms with Crippen LogP contribution < -0.4 is 10.1 Å². The Morgan fingerprint density at radius 3 is 2.67 bits per heavy atom. The number of ether oxygens (including phenoxy) is 1. The number of nitrogens with one attached hydrogen (secondary N) is 1. The lowest BCUT2D eigenvalue weighted by Gasteiger charge is -2.21. The number of fused-ring (bicyclic) bond motifs is 1. The summed E-state index contributed by atoms with van der Waals surface area (Å²) in [6.07, 6.45) is 1.13. The average molecular weight is 281 g/mol. The van der Waals surface area contributed by atoms with E-state index >= 15 is 0 Å². The molecule has 2 aromatic carbocycles. The van der Waals surface area contributed by atoms with Crippen LogP contribution in [0, 0.1) is 0 Å². The van der Waals surface area contributed by atoms with Gasteiger partial charge in [0, 0.05) is 18.0 Å². The van der Waals surface area contributed by atoms with E-state index in [0.717, 1.165) is 31.9 Å². The van der Waals surface area contributed by atoms with Crippen molar-refractivity contribution in [2.24, 2.45) is 0 Å². The van der Waals surface area contributed by atoms with Gasteiger partial charge in [0.15, 0.2) is 0 Å². The molecule has 2 heteroatoms. The Morgan fingerprint density at radius 2 is 1.86 bits per heavy atom. The highest BCUT2D eigenvalue weighted by atomic mass is 16.5. The molecule has 2 nitrogen and oxygen atoms in total. The molecule has 1 aliphatic rings. The van der Waals surface area contributed by atoms with Gasteiger partial charge in [-0.15, -0.1) is 0 Å². The quantitative estimate of drug-likeness (QED) is 0.865. The predicted molar refractivity (Wildman–Crippen MR) is 87.0 cm³/mol. The van der Waals surface area contributed by atoms with Gasteiger partial charge in [0.2, 0.25) is 0 Å². The summed E-state index contributed by atoms with van der Waals surface area (Å²) in [5.74, 6) is 2.11. The van der Waals surface area contributed by atoms with Crippen LogP contribution in [0.15, 0.2) is 54.6 Å². The Balaban J connectivity index is 1.76. The summed E-state index contributed by atoms with van der Waals surface area (Å²) in [4.78, 5) is 0. The van der Waals surface area contributed by atoms with Crippen LogP contribution >= 0.6 is 0 Å². The normalized spacial score (nSPS) is 18.0. The zero-order chi connectivity index (χ0) is 14.5. The summed E-state index contributed by atoms with van der Waals surface area (Å²) in [6.45, 7) is 5.02. The monoisotopic (exact) mass is 281 g/mol. The number of hydrogen-bond acceptors (Lipinski definition) is 2. The van der Waals surface area contributed by atoms with Crippen molar-refractivity contribution < 1.29 is 4.74 Å². The summed E-state index contributed by atoms with van der Waals surface area (Å²) in [5, 5.41) is 3.50. The first-order valence-electron chi connectivity index (χ1n) is 7.86. The van der Waals surface area contributed by atoms with E-state index in [9.17, 15) is 0 Å². The number of para-hydroxylation sites is 1. The van der Waals surface area contributed by atoms with Gasteiger partial charge in [0.05, 0.1) is 6.61 Å². The topological polar surface area (TPSA) is 21.3 Å². The van der Waals surface area contributed by atoms with Gasteiger partial charge in [0.1, 0.15) is 5.75 Å². The molecule has 0 aliphatic carbocycles. The lowest BCUT2D eigenvalue weighted by molar-refractivity contribution is 0.317. The molecule has 0 radical (unpaired) electrons. The van der Waals surface area contributed by atoms with Crippen molar-refractivity contribution in [3.8, 4) is 5.75 Å². The van der Waals surface area contributed by atoms with Gasteiger partial charge < -0.3 is 10.1 Å². The molecular formula is C19H23NO. The molecule has 3 rings (SSSR count). The van der Waals surface area contributed by atoms with Crippen molar-refractivity contribution in [2.45, 2.75) is 25.2 Å². The minimum absolute atomic E-state index is 0.505. The fraction of sp³-hybridized carbons (Fsp3) is 0.368. The van der Waals surface area contributed by atoms with Gasteiger partial charge in [0.25, 0.3) is 0 Å². The standard InChI is InChI=1S/C19H23NO/c1-2-20-13-16(15-8-4-3-5-9-15)12-17-14-21-19-11-7-6-10-18(17)19/h3-11,16-17,20H,2,12-14H2,1H3. The predicted octanol–water partition coefficient (Wildman–Crippen LogP) is 3.95. The SMILES string of the molecule is CCNCC(CC1COc2ccccc21)c1ccccc1. The number of benzene rings is 2. The molecule has 1 aliphatic heterocycles. The van der Waals surface area contributed by atoms with Crippen LogP contribution in [0.25, 0.3) is 0 Å². The molecule has 0 saturated heterocycles. The molecule has 2 unspecified atom stereocenters. The van der Waals surface area contributed by atoms with Crippen molar-refractivity contribution in [2.75, 3.05) is 19.7 Å². The third kappa shape index (κ3) is 3.27. The van der Waals surface area contributed by atoms with Gasteiger partial charge >= 0.3 is 0 Å². The van der Waals surface area contributed by atoms with E-state index < -0.39 is 0 Å². The van der Waals surface area contributed by atoms with Crippen molar-refractivity contribution in [3.05, 3.63) is 65.7 Å². The van der Waals surface area contributed by atoms with E-state index in [1.54, 1.807) is 0 Å². The van der Waals surface area contributed by atoms with Gasteiger partial charge in [-0.1, -0.05) is 55.5 Å². The highest BCUT2D eigenvalue weighted by Crippen LogP contribution is 2.39. The summed E-state index contributed by atoms with van der Waals surface area (Å²) < 4.78 is 5.83. The second-order valence-corrected chi connectivity index (χ2v) is 5.70. The number of rotatable bonds is 6. The zero-order valence-electron chi connectivity index (χ0n) is 12.6. The summed E-state index contributed by atoms with van der Waals surface area (Å²) in [6, 6.07) is 19.3. The van der Waals surface area contributed by atoms with Crippen molar-refractivity contribution in [1.82, 2.24) is 5.32 Å². The molecular weight excluding hydrogens is 258 g/mol. The minimum atomic E-state index is 0.505. The molecule has 21 heavy (non-hydrogen) atoms. The fourth-order valence-corrected chi connectivity index (χ4v) is 3.15. The average Bonchev–Trinajstić information content (AvgIpc) is 2.95. The highest BCUT2D eigenvalue weighted by Gasteiger charge is 2.27. The van der Waals surface area contributed by atoms with E-state index in [2.05, 4.69) is 66.8 Å². The maximum atomic E-state index is 5.83. The van der Waals surface area contributed by atoms with E-state index in [1.165, 1.54) is 11.1 Å². The highest BCUT2D eigenvalue weighted by molar-refractivity contribution is 5.40. The molecule has 0 aromatic heterocycles. The van der Waals surface area contributed by atoms with Crippen molar-refractivity contribution in [1.29, 1.82) is 0 Å². The molecule has 1 heterocycles. The first-order chi connectivity index (χ1) is 10.4. The molecule has 1 N–H and O–H groups in total. The molecule has 0 bridgehead atoms. The van der Waals surface area contributed by atoms with Gasteiger partial charge in [-0.3, -0.25) is 0 Å². The van der Waals surface area contributed by atoms with E-state index in [0.29, 0.717) is 11.8 Å². The molecule has 0 amide bonds. The fourth-order valence-electron chi connectivity index (χ4n) is 3.15. The smallest absolute Gasteiger partial charge is 0.122 e. The van der Waals surface area contributed by atoms with Crippen molar-refractivity contribution >= 4 is 0 Å². The Morgan fingerprint density at radius 1 is 1.10 bits per heavy atom. The van der Waals surface area contributed by atoms with Crippen LogP contribution in [0.2, 0.25) is 0 Å². The molecule has 0 spiro atoms. The Kier molecular flexibility index (Phi) is 4.56. The molecule has 2 atom stereocenters. The molecule has 110 valence electrons. The third-order valence-electron chi connectivity index (χ3n) is 4.28. The second-order valence-electron chi connectivity index (χ2n) is 5.70. The first-order valence-corrected chi connectivity index (χ1v) is 7.86. The minimum Gasteiger partial charge on any atom is -0.493 e.